The Hall–Kier alpha value is -1.48. The molecule has 0 spiro atoms. The minimum absolute atomic E-state index is 0.292. The van der Waals surface area contributed by atoms with Crippen LogP contribution in [0.2, 0.25) is 0 Å². The molecule has 3 nitrogen and oxygen atoms in total. The second-order valence-corrected chi connectivity index (χ2v) is 5.60. The van der Waals surface area contributed by atoms with Crippen LogP contribution in [0.5, 0.6) is 5.75 Å². The summed E-state index contributed by atoms with van der Waals surface area (Å²) in [7, 11) is 0. The van der Waals surface area contributed by atoms with E-state index in [1.54, 1.807) is 19.9 Å². The minimum Gasteiger partial charge on any atom is -0.508 e. The van der Waals surface area contributed by atoms with Gasteiger partial charge in [-0.05, 0) is 57.4 Å². The molecule has 0 aliphatic carbocycles. The summed E-state index contributed by atoms with van der Waals surface area (Å²) in [6, 6.07) is 3.60. The summed E-state index contributed by atoms with van der Waals surface area (Å²) in [5.74, 6) is 1.18. The molecule has 0 radical (unpaired) electrons. The molecule has 0 saturated heterocycles. The van der Waals surface area contributed by atoms with Crippen LogP contribution in [0.3, 0.4) is 0 Å². The highest BCUT2D eigenvalue weighted by Gasteiger charge is 2.17. The zero-order chi connectivity index (χ0) is 13.5. The second-order valence-electron chi connectivity index (χ2n) is 5.60. The Morgan fingerprint density at radius 3 is 2.50 bits per heavy atom. The molecule has 98 valence electrons. The Morgan fingerprint density at radius 2 is 1.89 bits per heavy atom. The van der Waals surface area contributed by atoms with Gasteiger partial charge in [-0.1, -0.05) is 0 Å². The van der Waals surface area contributed by atoms with E-state index in [2.05, 4.69) is 0 Å². The first-order valence-electron chi connectivity index (χ1n) is 6.22. The van der Waals surface area contributed by atoms with Gasteiger partial charge in [0.05, 0.1) is 5.60 Å². The van der Waals surface area contributed by atoms with Crippen LogP contribution < -0.4 is 0 Å². The molecule has 2 N–H and O–H groups in total. The average molecular weight is 248 g/mol. The van der Waals surface area contributed by atoms with Crippen LogP contribution in [-0.4, -0.2) is 15.8 Å². The van der Waals surface area contributed by atoms with Crippen LogP contribution in [0.1, 0.15) is 37.2 Å². The molecule has 0 saturated carbocycles. The predicted molar refractivity (Wildman–Crippen MR) is 72.0 cm³/mol. The number of rotatable bonds is 3. The fourth-order valence-corrected chi connectivity index (χ4v) is 2.06. The van der Waals surface area contributed by atoms with Crippen molar-refractivity contribution in [1.29, 1.82) is 0 Å². The number of benzene rings is 1. The lowest BCUT2D eigenvalue weighted by Crippen LogP contribution is -2.19. The Labute approximate surface area is 107 Å². The van der Waals surface area contributed by atoms with Crippen molar-refractivity contribution >= 4 is 11.0 Å². The Bertz CT molecular complexity index is 573. The van der Waals surface area contributed by atoms with Gasteiger partial charge in [0, 0.05) is 11.8 Å². The Kier molecular flexibility index (Phi) is 3.11. The topological polar surface area (TPSA) is 53.6 Å². The summed E-state index contributed by atoms with van der Waals surface area (Å²) >= 11 is 0. The van der Waals surface area contributed by atoms with Crippen LogP contribution in [0, 0.1) is 13.8 Å². The van der Waals surface area contributed by atoms with Crippen molar-refractivity contribution in [2.45, 2.75) is 46.1 Å². The fourth-order valence-electron chi connectivity index (χ4n) is 2.06. The molecule has 0 amide bonds. The standard InChI is InChI=1S/C15H20O3/c1-9-7-14-11(8-12(9)16)10(2)13(18-14)5-6-15(3,4)17/h7-8,16-17H,5-6H2,1-4H3. The van der Waals surface area contributed by atoms with Gasteiger partial charge in [-0.2, -0.15) is 0 Å². The number of aromatic hydroxyl groups is 1. The molecule has 0 unspecified atom stereocenters. The SMILES string of the molecule is Cc1cc2oc(CCC(C)(C)O)c(C)c2cc1O. The molecule has 2 aromatic rings. The minimum atomic E-state index is -0.691. The molecule has 1 aromatic heterocycles. The summed E-state index contributed by atoms with van der Waals surface area (Å²) in [5.41, 5.74) is 1.96. The van der Waals surface area contributed by atoms with Gasteiger partial charge >= 0.3 is 0 Å². The van der Waals surface area contributed by atoms with Crippen LogP contribution >= 0.6 is 0 Å². The fraction of sp³-hybridized carbons (Fsp3) is 0.467. The van der Waals surface area contributed by atoms with E-state index in [4.69, 9.17) is 4.42 Å². The van der Waals surface area contributed by atoms with Gasteiger partial charge in [-0.3, -0.25) is 0 Å². The lowest BCUT2D eigenvalue weighted by Gasteiger charge is -2.15. The summed E-state index contributed by atoms with van der Waals surface area (Å²) < 4.78 is 5.81. The van der Waals surface area contributed by atoms with E-state index in [0.717, 1.165) is 27.9 Å². The van der Waals surface area contributed by atoms with E-state index >= 15 is 0 Å². The third-order valence-electron chi connectivity index (χ3n) is 3.32. The number of hydrogen-bond acceptors (Lipinski definition) is 3. The number of aryl methyl sites for hydroxylation is 3. The van der Waals surface area contributed by atoms with E-state index in [1.807, 2.05) is 19.9 Å². The summed E-state index contributed by atoms with van der Waals surface area (Å²) in [6.45, 7) is 7.42. The number of phenols is 1. The smallest absolute Gasteiger partial charge is 0.135 e. The normalized spacial score (nSPS) is 12.3. The highest BCUT2D eigenvalue weighted by Crippen LogP contribution is 2.31. The van der Waals surface area contributed by atoms with Crippen LogP contribution in [0.25, 0.3) is 11.0 Å². The molecule has 18 heavy (non-hydrogen) atoms. The molecule has 1 aromatic carbocycles. The molecule has 3 heteroatoms. The summed E-state index contributed by atoms with van der Waals surface area (Å²) in [4.78, 5) is 0. The second kappa shape index (κ2) is 4.32. The van der Waals surface area contributed by atoms with Crippen molar-refractivity contribution in [1.82, 2.24) is 0 Å². The van der Waals surface area contributed by atoms with Crippen molar-refractivity contribution < 1.29 is 14.6 Å². The zero-order valence-electron chi connectivity index (χ0n) is 11.4. The highest BCUT2D eigenvalue weighted by atomic mass is 16.3. The van der Waals surface area contributed by atoms with E-state index < -0.39 is 5.60 Å². The van der Waals surface area contributed by atoms with Gasteiger partial charge < -0.3 is 14.6 Å². The summed E-state index contributed by atoms with van der Waals surface area (Å²) in [6.07, 6.45) is 1.35. The highest BCUT2D eigenvalue weighted by molar-refractivity contribution is 5.84. The average Bonchev–Trinajstić information content (AvgIpc) is 2.53. The number of hydrogen-bond donors (Lipinski definition) is 2. The monoisotopic (exact) mass is 248 g/mol. The van der Waals surface area contributed by atoms with Crippen molar-refractivity contribution in [2.75, 3.05) is 0 Å². The molecular weight excluding hydrogens is 228 g/mol. The number of aliphatic hydroxyl groups is 1. The molecule has 0 bridgehead atoms. The van der Waals surface area contributed by atoms with Gasteiger partial charge in [0.2, 0.25) is 0 Å². The molecule has 0 atom stereocenters. The first kappa shape index (κ1) is 13.0. The molecule has 0 aliphatic heterocycles. The van der Waals surface area contributed by atoms with Crippen molar-refractivity contribution in [3.05, 3.63) is 29.0 Å². The van der Waals surface area contributed by atoms with Gasteiger partial charge in [-0.15, -0.1) is 0 Å². The molecule has 0 fully saturated rings. The van der Waals surface area contributed by atoms with E-state index in [0.29, 0.717) is 18.6 Å². The number of fused-ring (bicyclic) bond motifs is 1. The Balaban J connectivity index is 2.38. The molecular formula is C15H20O3. The lowest BCUT2D eigenvalue weighted by atomic mass is 10.00. The van der Waals surface area contributed by atoms with Crippen molar-refractivity contribution in [3.8, 4) is 5.75 Å². The molecule has 1 heterocycles. The summed E-state index contributed by atoms with van der Waals surface area (Å²) in [5, 5.41) is 20.4. The third kappa shape index (κ3) is 2.51. The number of phenolic OH excluding ortho intramolecular Hbond substituents is 1. The van der Waals surface area contributed by atoms with E-state index in [-0.39, 0.29) is 0 Å². The molecule has 2 rings (SSSR count). The first-order valence-corrected chi connectivity index (χ1v) is 6.22. The van der Waals surface area contributed by atoms with E-state index in [1.165, 1.54) is 0 Å². The first-order chi connectivity index (χ1) is 8.28. The van der Waals surface area contributed by atoms with Crippen LogP contribution in [0.4, 0.5) is 0 Å². The van der Waals surface area contributed by atoms with Gasteiger partial charge in [0.1, 0.15) is 17.1 Å². The van der Waals surface area contributed by atoms with E-state index in [9.17, 15) is 10.2 Å². The third-order valence-corrected chi connectivity index (χ3v) is 3.32. The van der Waals surface area contributed by atoms with Gasteiger partial charge in [0.25, 0.3) is 0 Å². The maximum atomic E-state index is 9.75. The van der Waals surface area contributed by atoms with Crippen LogP contribution in [-0.2, 0) is 6.42 Å². The number of furan rings is 1. The van der Waals surface area contributed by atoms with Crippen molar-refractivity contribution in [3.63, 3.8) is 0 Å². The quantitative estimate of drug-likeness (QED) is 0.874. The van der Waals surface area contributed by atoms with Crippen LogP contribution in [0.15, 0.2) is 16.5 Å². The predicted octanol–water partition coefficient (Wildman–Crippen LogP) is 3.46. The largest absolute Gasteiger partial charge is 0.508 e. The maximum absolute atomic E-state index is 9.75. The van der Waals surface area contributed by atoms with Gasteiger partial charge in [0.15, 0.2) is 0 Å². The maximum Gasteiger partial charge on any atom is 0.135 e. The van der Waals surface area contributed by atoms with Gasteiger partial charge in [-0.25, -0.2) is 0 Å². The Morgan fingerprint density at radius 1 is 1.22 bits per heavy atom. The van der Waals surface area contributed by atoms with Crippen molar-refractivity contribution in [2.24, 2.45) is 0 Å². The molecule has 0 aliphatic rings. The zero-order valence-corrected chi connectivity index (χ0v) is 11.4. The lowest BCUT2D eigenvalue weighted by molar-refractivity contribution is 0.0699.